The Hall–Kier alpha value is -2.80. The first-order valence-corrected chi connectivity index (χ1v) is 6.99. The highest BCUT2D eigenvalue weighted by Crippen LogP contribution is 2.30. The molecule has 2 aliphatic rings. The molecule has 1 amide bonds. The number of azide groups is 1. The minimum Gasteiger partial charge on any atom is -0.455 e. The van der Waals surface area contributed by atoms with Crippen LogP contribution in [0.2, 0.25) is 0 Å². The zero-order valence-corrected chi connectivity index (χ0v) is 11.9. The van der Waals surface area contributed by atoms with Crippen molar-refractivity contribution in [1.82, 2.24) is 4.90 Å². The number of hydrogen-bond acceptors (Lipinski definition) is 5. The Morgan fingerprint density at radius 1 is 1.43 bits per heavy atom. The van der Waals surface area contributed by atoms with Gasteiger partial charge in [-0.2, -0.15) is 0 Å². The lowest BCUT2D eigenvalue weighted by atomic mass is 9.95. The van der Waals surface area contributed by atoms with E-state index in [0.717, 1.165) is 4.90 Å². The highest BCUT2D eigenvalue weighted by Gasteiger charge is 2.51. The lowest BCUT2D eigenvalue weighted by Crippen LogP contribution is -2.59. The maximum absolute atomic E-state index is 14.7. The van der Waals surface area contributed by atoms with Gasteiger partial charge in [-0.1, -0.05) is 23.3 Å². The first-order chi connectivity index (χ1) is 11.1. The van der Waals surface area contributed by atoms with Crippen LogP contribution in [0.15, 0.2) is 35.4 Å². The molecule has 2 saturated heterocycles. The Labute approximate surface area is 130 Å². The van der Waals surface area contributed by atoms with Gasteiger partial charge in [0.05, 0.1) is 11.6 Å². The van der Waals surface area contributed by atoms with E-state index in [9.17, 15) is 14.0 Å². The monoisotopic (exact) mass is 320 g/mol. The van der Waals surface area contributed by atoms with E-state index in [-0.39, 0.29) is 18.7 Å². The predicted octanol–water partition coefficient (Wildman–Crippen LogP) is 2.06. The van der Waals surface area contributed by atoms with Gasteiger partial charge in [-0.05, 0) is 17.7 Å². The molecular weight excluding hydrogens is 307 g/mol. The fourth-order valence-corrected chi connectivity index (χ4v) is 2.75. The van der Waals surface area contributed by atoms with E-state index in [1.54, 1.807) is 18.2 Å². The smallest absolute Gasteiger partial charge is 0.410 e. The summed E-state index contributed by atoms with van der Waals surface area (Å²) in [5, 5.41) is 3.47. The molecule has 2 fully saturated rings. The molecule has 0 aromatic heterocycles. The minimum absolute atomic E-state index is 0.0548. The molecule has 0 N–H and O–H groups in total. The highest BCUT2D eigenvalue weighted by molar-refractivity contribution is 5.89. The fraction of sp³-hybridized carbons (Fsp3) is 0.429. The summed E-state index contributed by atoms with van der Waals surface area (Å²) in [6.45, 7) is -0.177. The van der Waals surface area contributed by atoms with Crippen molar-refractivity contribution in [2.75, 3.05) is 13.2 Å². The minimum atomic E-state index is -1.70. The molecule has 9 heteroatoms. The molecule has 2 aliphatic heterocycles. The Morgan fingerprint density at radius 3 is 2.87 bits per heavy atom. The van der Waals surface area contributed by atoms with Crippen molar-refractivity contribution in [2.24, 2.45) is 5.11 Å². The topological polar surface area (TPSA) is 105 Å². The van der Waals surface area contributed by atoms with Crippen LogP contribution in [0.3, 0.4) is 0 Å². The molecule has 1 aromatic carbocycles. The molecule has 0 spiro atoms. The Bertz CT molecular complexity index is 664. The number of amides is 1. The summed E-state index contributed by atoms with van der Waals surface area (Å²) < 4.78 is 24.7. The van der Waals surface area contributed by atoms with Crippen molar-refractivity contribution in [3.8, 4) is 0 Å². The molecule has 2 heterocycles. The van der Waals surface area contributed by atoms with E-state index >= 15 is 0 Å². The number of rotatable bonds is 3. The number of halogens is 1. The number of piperidine rings is 1. The van der Waals surface area contributed by atoms with E-state index in [2.05, 4.69) is 10.0 Å². The van der Waals surface area contributed by atoms with Gasteiger partial charge in [0.1, 0.15) is 18.8 Å². The second-order valence-electron chi connectivity index (χ2n) is 5.25. The van der Waals surface area contributed by atoms with E-state index in [4.69, 9.17) is 15.0 Å². The zero-order valence-electron chi connectivity index (χ0n) is 11.9. The van der Waals surface area contributed by atoms with Crippen LogP contribution >= 0.6 is 0 Å². The van der Waals surface area contributed by atoms with Crippen LogP contribution in [0.1, 0.15) is 10.4 Å². The first kappa shape index (κ1) is 15.1. The normalized spacial score (nSPS) is 29.3. The molecule has 4 atom stereocenters. The maximum atomic E-state index is 14.7. The van der Waals surface area contributed by atoms with Crippen molar-refractivity contribution in [3.63, 3.8) is 0 Å². The van der Waals surface area contributed by atoms with Crippen molar-refractivity contribution >= 4 is 12.1 Å². The zero-order chi connectivity index (χ0) is 16.4. The Kier molecular flexibility index (Phi) is 4.03. The molecule has 23 heavy (non-hydrogen) atoms. The number of nitrogens with zero attached hydrogens (tertiary/aromatic N) is 4. The van der Waals surface area contributed by atoms with Crippen LogP contribution in [0.25, 0.3) is 10.4 Å². The van der Waals surface area contributed by atoms with Gasteiger partial charge in [0.15, 0.2) is 6.17 Å². The third-order valence-corrected chi connectivity index (χ3v) is 3.91. The van der Waals surface area contributed by atoms with Crippen LogP contribution in [-0.2, 0) is 9.47 Å². The number of fused-ring (bicyclic) bond motifs is 1. The molecule has 0 unspecified atom stereocenters. The third-order valence-electron chi connectivity index (χ3n) is 3.91. The summed E-state index contributed by atoms with van der Waals surface area (Å²) in [5.74, 6) is -0.713. The summed E-state index contributed by atoms with van der Waals surface area (Å²) in [7, 11) is 0. The molecular formula is C14H13FN4O4. The lowest BCUT2D eigenvalue weighted by Gasteiger charge is -2.38. The molecule has 0 bridgehead atoms. The Morgan fingerprint density at radius 2 is 2.17 bits per heavy atom. The van der Waals surface area contributed by atoms with E-state index in [1.807, 2.05) is 0 Å². The second-order valence-corrected chi connectivity index (χ2v) is 5.25. The molecule has 0 saturated carbocycles. The largest absolute Gasteiger partial charge is 0.455 e. The van der Waals surface area contributed by atoms with Crippen molar-refractivity contribution < 1.29 is 23.5 Å². The third kappa shape index (κ3) is 2.78. The van der Waals surface area contributed by atoms with Gasteiger partial charge >= 0.3 is 12.1 Å². The quantitative estimate of drug-likeness (QED) is 0.368. The number of carbonyl (C=O) groups is 2. The van der Waals surface area contributed by atoms with Gasteiger partial charge in [0, 0.05) is 11.5 Å². The van der Waals surface area contributed by atoms with Gasteiger partial charge < -0.3 is 9.47 Å². The standard InChI is InChI=1S/C14H13FN4O4/c15-11-10-7-22-14(21)19(10)6-9(17-18-16)12(11)23-13(20)8-4-2-1-3-5-8/h1-5,9-12H,6-7H2/t9-,10+,11-,12+/m0/s1. The van der Waals surface area contributed by atoms with Gasteiger partial charge in [-0.25, -0.2) is 14.0 Å². The summed E-state index contributed by atoms with van der Waals surface area (Å²) in [4.78, 5) is 27.5. The van der Waals surface area contributed by atoms with E-state index < -0.39 is 36.4 Å². The van der Waals surface area contributed by atoms with E-state index in [1.165, 1.54) is 12.1 Å². The van der Waals surface area contributed by atoms with Crippen molar-refractivity contribution in [3.05, 3.63) is 46.3 Å². The van der Waals surface area contributed by atoms with Gasteiger partial charge in [-0.3, -0.25) is 4.90 Å². The molecule has 0 radical (unpaired) electrons. The summed E-state index contributed by atoms with van der Waals surface area (Å²) in [6, 6.07) is 6.26. The van der Waals surface area contributed by atoms with Crippen LogP contribution in [0, 0.1) is 0 Å². The molecule has 1 aromatic rings. The van der Waals surface area contributed by atoms with Gasteiger partial charge in [0.2, 0.25) is 0 Å². The van der Waals surface area contributed by atoms with Crippen LogP contribution in [-0.4, -0.2) is 54.5 Å². The van der Waals surface area contributed by atoms with Crippen molar-refractivity contribution in [1.29, 1.82) is 0 Å². The summed E-state index contributed by atoms with van der Waals surface area (Å²) >= 11 is 0. The van der Waals surface area contributed by atoms with Crippen LogP contribution in [0.5, 0.6) is 0 Å². The fourth-order valence-electron chi connectivity index (χ4n) is 2.75. The number of benzene rings is 1. The van der Waals surface area contributed by atoms with E-state index in [0.29, 0.717) is 0 Å². The highest BCUT2D eigenvalue weighted by atomic mass is 19.1. The summed E-state index contributed by atoms with van der Waals surface area (Å²) in [5.41, 5.74) is 8.91. The number of ether oxygens (including phenoxy) is 2. The average Bonchev–Trinajstić information content (AvgIpc) is 2.93. The van der Waals surface area contributed by atoms with Crippen LogP contribution in [0.4, 0.5) is 9.18 Å². The SMILES string of the molecule is [N-]=[N+]=N[C@H]1CN2C(=O)OC[C@@H]2[C@H](F)[C@@H]1OC(=O)c1ccccc1. The summed E-state index contributed by atoms with van der Waals surface area (Å²) in [6.07, 6.45) is -3.63. The average molecular weight is 320 g/mol. The Balaban J connectivity index is 1.82. The number of cyclic esters (lactones) is 1. The van der Waals surface area contributed by atoms with Gasteiger partial charge in [0.25, 0.3) is 0 Å². The first-order valence-electron chi connectivity index (χ1n) is 6.99. The van der Waals surface area contributed by atoms with Crippen molar-refractivity contribution in [2.45, 2.75) is 24.4 Å². The predicted molar refractivity (Wildman–Crippen MR) is 75.3 cm³/mol. The van der Waals surface area contributed by atoms with Crippen LogP contribution < -0.4 is 0 Å². The lowest BCUT2D eigenvalue weighted by molar-refractivity contribution is -0.0427. The molecule has 8 nitrogen and oxygen atoms in total. The van der Waals surface area contributed by atoms with Gasteiger partial charge in [-0.15, -0.1) is 0 Å². The molecule has 120 valence electrons. The number of alkyl halides is 1. The number of hydrogen-bond donors (Lipinski definition) is 0. The molecule has 3 rings (SSSR count). The number of carbonyl (C=O) groups excluding carboxylic acids is 2. The number of esters is 1. The maximum Gasteiger partial charge on any atom is 0.410 e. The molecule has 0 aliphatic carbocycles. The second kappa shape index (κ2) is 6.13.